The lowest BCUT2D eigenvalue weighted by molar-refractivity contribution is -0.129. The summed E-state index contributed by atoms with van der Waals surface area (Å²) >= 11 is 1.67. The number of ether oxygens (including phenoxy) is 2. The lowest BCUT2D eigenvalue weighted by atomic mass is 9.82. The number of hydrogen-bond donors (Lipinski definition) is 0. The lowest BCUT2D eigenvalue weighted by Crippen LogP contribution is -2.44. The molecule has 2 saturated heterocycles. The predicted octanol–water partition coefficient (Wildman–Crippen LogP) is 7.03. The van der Waals surface area contributed by atoms with E-state index in [1.54, 1.807) is 11.8 Å². The van der Waals surface area contributed by atoms with Gasteiger partial charge < -0.3 is 18.8 Å². The van der Waals surface area contributed by atoms with E-state index < -0.39 is 5.97 Å². The Balaban J connectivity index is 1.47. The van der Waals surface area contributed by atoms with Gasteiger partial charge in [0.1, 0.15) is 11.3 Å². The van der Waals surface area contributed by atoms with Crippen LogP contribution in [0.15, 0.2) is 56.7 Å². The van der Waals surface area contributed by atoms with E-state index in [1.165, 1.54) is 25.8 Å². The Labute approximate surface area is 217 Å². The van der Waals surface area contributed by atoms with E-state index in [1.807, 2.05) is 30.3 Å². The molecule has 0 aliphatic carbocycles. The van der Waals surface area contributed by atoms with Crippen molar-refractivity contribution in [2.24, 2.45) is 0 Å². The zero-order chi connectivity index (χ0) is 24.9. The van der Waals surface area contributed by atoms with Crippen molar-refractivity contribution in [1.29, 1.82) is 0 Å². The maximum atomic E-state index is 12.0. The molecule has 0 amide bonds. The number of esters is 1. The van der Waals surface area contributed by atoms with Gasteiger partial charge in [0.2, 0.25) is 0 Å². The second-order valence-electron chi connectivity index (χ2n) is 9.65. The zero-order valence-electron chi connectivity index (χ0n) is 20.8. The summed E-state index contributed by atoms with van der Waals surface area (Å²) in [6.07, 6.45) is 13.3. The molecule has 3 heterocycles. The van der Waals surface area contributed by atoms with Crippen molar-refractivity contribution in [3.05, 3.63) is 48.0 Å². The van der Waals surface area contributed by atoms with E-state index in [9.17, 15) is 4.79 Å². The van der Waals surface area contributed by atoms with Gasteiger partial charge in [-0.3, -0.25) is 0 Å². The predicted molar refractivity (Wildman–Crippen MR) is 143 cm³/mol. The highest BCUT2D eigenvalue weighted by atomic mass is 32.2. The molecule has 0 spiro atoms. The Morgan fingerprint density at radius 3 is 2.94 bits per heavy atom. The van der Waals surface area contributed by atoms with E-state index in [-0.39, 0.29) is 11.9 Å². The molecule has 0 bridgehead atoms. The number of rotatable bonds is 8. The summed E-state index contributed by atoms with van der Waals surface area (Å²) in [6.45, 7) is 5.11. The summed E-state index contributed by atoms with van der Waals surface area (Å²) in [6, 6.07) is 14.9. The van der Waals surface area contributed by atoms with Crippen LogP contribution in [0.25, 0.3) is 11.0 Å². The number of terminal acetylenes is 1. The van der Waals surface area contributed by atoms with Crippen LogP contribution in [-0.2, 0) is 4.79 Å². The van der Waals surface area contributed by atoms with E-state index in [2.05, 4.69) is 29.9 Å². The van der Waals surface area contributed by atoms with Gasteiger partial charge in [0.05, 0.1) is 11.5 Å². The first-order chi connectivity index (χ1) is 17.7. The molecule has 0 saturated carbocycles. The fraction of sp³-hybridized carbons (Fsp3) is 0.433. The molecule has 0 radical (unpaired) electrons. The third kappa shape index (κ3) is 5.43. The summed E-state index contributed by atoms with van der Waals surface area (Å²) in [4.78, 5) is 16.8. The summed E-state index contributed by atoms with van der Waals surface area (Å²) in [5.41, 5.74) is 1.70. The molecular weight excluding hydrogens is 470 g/mol. The number of para-hydroxylation sites is 1. The van der Waals surface area contributed by atoms with Crippen molar-refractivity contribution in [3.63, 3.8) is 0 Å². The first kappa shape index (κ1) is 24.8. The highest BCUT2D eigenvalue weighted by Crippen LogP contribution is 2.46. The van der Waals surface area contributed by atoms with Crippen LogP contribution >= 0.6 is 11.8 Å². The van der Waals surface area contributed by atoms with Crippen LogP contribution in [0.2, 0.25) is 0 Å². The number of carbonyl (C=O) groups excluding carboxylic acids is 1. The van der Waals surface area contributed by atoms with E-state index in [0.717, 1.165) is 58.7 Å². The Hall–Kier alpha value is -2.88. The second kappa shape index (κ2) is 11.5. The van der Waals surface area contributed by atoms with Gasteiger partial charge in [0.15, 0.2) is 0 Å². The Bertz CT molecular complexity index is 1260. The molecule has 2 aliphatic rings. The van der Waals surface area contributed by atoms with Crippen LogP contribution < -0.4 is 9.47 Å². The molecule has 36 heavy (non-hydrogen) atoms. The highest BCUT2D eigenvalue weighted by molar-refractivity contribution is 7.99. The molecule has 6 heteroatoms. The maximum absolute atomic E-state index is 12.0. The van der Waals surface area contributed by atoms with Gasteiger partial charge in [0.25, 0.3) is 5.95 Å². The number of furan rings is 1. The minimum absolute atomic E-state index is 0.257. The maximum Gasteiger partial charge on any atom is 0.391 e. The quantitative estimate of drug-likeness (QED) is 0.142. The van der Waals surface area contributed by atoms with Gasteiger partial charge in [-0.25, -0.2) is 4.79 Å². The summed E-state index contributed by atoms with van der Waals surface area (Å²) in [5.74, 6) is 2.75. The van der Waals surface area contributed by atoms with E-state index in [0.29, 0.717) is 18.2 Å². The van der Waals surface area contributed by atoms with Crippen LogP contribution in [0.1, 0.15) is 63.4 Å². The zero-order valence-corrected chi connectivity index (χ0v) is 21.6. The first-order valence-corrected chi connectivity index (χ1v) is 13.9. The van der Waals surface area contributed by atoms with E-state index in [4.69, 9.17) is 20.3 Å². The summed E-state index contributed by atoms with van der Waals surface area (Å²) < 4.78 is 17.6. The average Bonchev–Trinajstić information content (AvgIpc) is 3.26. The Kier molecular flexibility index (Phi) is 7.89. The second-order valence-corrected chi connectivity index (χ2v) is 10.8. The van der Waals surface area contributed by atoms with Crippen molar-refractivity contribution in [3.8, 4) is 24.0 Å². The largest absolute Gasteiger partial charge is 0.492 e. The van der Waals surface area contributed by atoms with Crippen molar-refractivity contribution >= 4 is 28.7 Å². The smallest absolute Gasteiger partial charge is 0.391 e. The first-order valence-electron chi connectivity index (χ1n) is 13.0. The molecule has 2 atom stereocenters. The number of unbranched alkanes of at least 4 members (excludes halogenated alkanes) is 1. The number of fused-ring (bicyclic) bond motifs is 2. The average molecular weight is 504 g/mol. The Morgan fingerprint density at radius 1 is 1.19 bits per heavy atom. The summed E-state index contributed by atoms with van der Waals surface area (Å²) in [7, 11) is 0. The van der Waals surface area contributed by atoms with Crippen LogP contribution in [0.4, 0.5) is 0 Å². The lowest BCUT2D eigenvalue weighted by Gasteiger charge is -2.42. The molecule has 2 aliphatic heterocycles. The minimum Gasteiger partial charge on any atom is -0.492 e. The van der Waals surface area contributed by atoms with Gasteiger partial charge in [0, 0.05) is 27.8 Å². The monoisotopic (exact) mass is 503 g/mol. The van der Waals surface area contributed by atoms with Crippen molar-refractivity contribution in [2.45, 2.75) is 73.6 Å². The van der Waals surface area contributed by atoms with E-state index >= 15 is 0 Å². The van der Waals surface area contributed by atoms with Gasteiger partial charge in [-0.2, -0.15) is 0 Å². The third-order valence-corrected chi connectivity index (χ3v) is 8.32. The van der Waals surface area contributed by atoms with Crippen LogP contribution in [0.3, 0.4) is 0 Å². The molecule has 0 N–H and O–H groups in total. The van der Waals surface area contributed by atoms with Gasteiger partial charge in [-0.05, 0) is 81.4 Å². The van der Waals surface area contributed by atoms with Crippen LogP contribution in [-0.4, -0.2) is 36.6 Å². The number of hydrogen-bond acceptors (Lipinski definition) is 6. The number of carbonyl (C=O) groups is 1. The van der Waals surface area contributed by atoms with Gasteiger partial charge >= 0.3 is 5.97 Å². The topological polar surface area (TPSA) is 51.9 Å². The fourth-order valence-electron chi connectivity index (χ4n) is 5.47. The molecule has 2 fully saturated rings. The normalized spacial score (nSPS) is 20.0. The summed E-state index contributed by atoms with van der Waals surface area (Å²) in [5, 5.41) is 0.999. The van der Waals surface area contributed by atoms with Gasteiger partial charge in [-0.15, -0.1) is 6.42 Å². The van der Waals surface area contributed by atoms with Crippen molar-refractivity contribution < 1.29 is 18.7 Å². The molecule has 188 valence electrons. The number of benzene rings is 2. The minimum atomic E-state index is -0.724. The molecule has 2 aromatic carbocycles. The highest BCUT2D eigenvalue weighted by Gasteiger charge is 2.35. The fourth-order valence-corrected chi connectivity index (χ4v) is 6.41. The standard InChI is InChI=1S/C30H33NO4S/c1-3-5-18-33-26-11-6-7-12-27(26)36-23-13-14-25-24(20-23)29(30(34-25)35-28(32)4-2)21-15-17-31-16-9-8-10-22(31)19-21/h2,6-7,11-14,20-22H,3,5,8-10,15-19H2,1H3. The number of nitrogens with zero attached hydrogens (tertiary/aromatic N) is 1. The third-order valence-electron chi connectivity index (χ3n) is 7.28. The Morgan fingerprint density at radius 2 is 2.08 bits per heavy atom. The molecule has 5 nitrogen and oxygen atoms in total. The molecule has 3 aromatic rings. The molecule has 5 rings (SSSR count). The van der Waals surface area contributed by atoms with Crippen LogP contribution in [0, 0.1) is 12.3 Å². The SMILES string of the molecule is C#CC(=O)Oc1oc2ccc(Sc3ccccc3OCCCC)cc2c1C1CCN2CCCCC2C1. The van der Waals surface area contributed by atoms with Crippen LogP contribution in [0.5, 0.6) is 11.7 Å². The molecule has 2 unspecified atom stereocenters. The van der Waals surface area contributed by atoms with Crippen molar-refractivity contribution in [1.82, 2.24) is 4.90 Å². The molecular formula is C30H33NO4S. The van der Waals surface area contributed by atoms with Crippen molar-refractivity contribution in [2.75, 3.05) is 19.7 Å². The molecule has 1 aromatic heterocycles. The number of piperidine rings is 2. The van der Waals surface area contributed by atoms with Gasteiger partial charge in [-0.1, -0.05) is 43.7 Å².